The van der Waals surface area contributed by atoms with Gasteiger partial charge in [0.25, 0.3) is 0 Å². The van der Waals surface area contributed by atoms with Gasteiger partial charge in [0.15, 0.2) is 22.5 Å². The van der Waals surface area contributed by atoms with Crippen LogP contribution in [-0.2, 0) is 17.5 Å². The first-order valence-electron chi connectivity index (χ1n) is 10.2. The Labute approximate surface area is 208 Å². The Morgan fingerprint density at radius 2 is 1.74 bits per heavy atom. The maximum Gasteiger partial charge on any atom is 0.416 e. The molecule has 1 heterocycles. The zero-order valence-electron chi connectivity index (χ0n) is 19.2. The third kappa shape index (κ3) is 5.93. The number of rotatable bonds is 9. The first kappa shape index (κ1) is 26.5. The number of alkyl halides is 3. The van der Waals surface area contributed by atoms with Gasteiger partial charge in [-0.3, -0.25) is 4.79 Å². The van der Waals surface area contributed by atoms with Crippen molar-refractivity contribution in [1.29, 1.82) is 0 Å². The number of nitrogens with one attached hydrogen (secondary N) is 1. The highest BCUT2D eigenvalue weighted by Crippen LogP contribution is 2.41. The second-order valence-electron chi connectivity index (χ2n) is 6.99. The summed E-state index contributed by atoms with van der Waals surface area (Å²) in [7, 11) is 4.51. The number of anilines is 1. The smallest absolute Gasteiger partial charge is 0.416 e. The van der Waals surface area contributed by atoms with Gasteiger partial charge in [-0.25, -0.2) is 0 Å². The summed E-state index contributed by atoms with van der Waals surface area (Å²) >= 11 is 7.04. The average molecular weight is 531 g/mol. The normalized spacial score (nSPS) is 11.3. The molecule has 0 unspecified atom stereocenters. The highest BCUT2D eigenvalue weighted by molar-refractivity contribution is 7.99. The van der Waals surface area contributed by atoms with Gasteiger partial charge in [-0.15, -0.1) is 10.2 Å². The molecule has 35 heavy (non-hydrogen) atoms. The van der Waals surface area contributed by atoms with E-state index in [9.17, 15) is 18.0 Å². The van der Waals surface area contributed by atoms with Crippen LogP contribution >= 0.6 is 23.4 Å². The van der Waals surface area contributed by atoms with Crippen molar-refractivity contribution in [2.24, 2.45) is 0 Å². The van der Waals surface area contributed by atoms with E-state index >= 15 is 0 Å². The van der Waals surface area contributed by atoms with E-state index in [4.69, 9.17) is 25.8 Å². The molecule has 3 rings (SSSR count). The third-order valence-corrected chi connectivity index (χ3v) is 6.15. The number of halogens is 4. The van der Waals surface area contributed by atoms with Gasteiger partial charge < -0.3 is 24.1 Å². The summed E-state index contributed by atoms with van der Waals surface area (Å²) in [6, 6.07) is 6.19. The molecule has 0 fully saturated rings. The molecule has 0 radical (unpaired) electrons. The molecule has 1 aromatic heterocycles. The van der Waals surface area contributed by atoms with Crippen molar-refractivity contribution in [1.82, 2.24) is 14.8 Å². The van der Waals surface area contributed by atoms with E-state index in [2.05, 4.69) is 15.5 Å². The van der Waals surface area contributed by atoms with Crippen LogP contribution in [0.2, 0.25) is 5.02 Å². The molecule has 0 atom stereocenters. The predicted octanol–water partition coefficient (Wildman–Crippen LogP) is 5.39. The topological polar surface area (TPSA) is 87.5 Å². The molecule has 1 N–H and O–H groups in total. The fourth-order valence-electron chi connectivity index (χ4n) is 3.22. The van der Waals surface area contributed by atoms with Crippen molar-refractivity contribution >= 4 is 35.0 Å². The largest absolute Gasteiger partial charge is 0.493 e. The second kappa shape index (κ2) is 11.1. The molecule has 0 saturated heterocycles. The highest BCUT2D eigenvalue weighted by atomic mass is 35.5. The van der Waals surface area contributed by atoms with Crippen LogP contribution in [0.1, 0.15) is 12.5 Å². The number of hydrogen-bond acceptors (Lipinski definition) is 7. The molecule has 0 bridgehead atoms. The number of nitrogens with zero attached hydrogens (tertiary/aromatic N) is 3. The molecular formula is C22H22ClF3N4O4S. The van der Waals surface area contributed by atoms with Crippen LogP contribution in [0.5, 0.6) is 17.2 Å². The molecule has 3 aromatic rings. The number of thioether (sulfide) groups is 1. The molecule has 2 aromatic carbocycles. The Kier molecular flexibility index (Phi) is 8.39. The van der Waals surface area contributed by atoms with Crippen LogP contribution in [-0.4, -0.2) is 47.8 Å². The maximum absolute atomic E-state index is 13.0. The van der Waals surface area contributed by atoms with Crippen LogP contribution in [0.15, 0.2) is 35.5 Å². The van der Waals surface area contributed by atoms with Gasteiger partial charge in [-0.2, -0.15) is 13.2 Å². The number of methoxy groups -OCH3 is 3. The molecule has 0 aliphatic rings. The number of ether oxygens (including phenoxy) is 3. The fraction of sp³-hybridized carbons (Fsp3) is 0.318. The summed E-state index contributed by atoms with van der Waals surface area (Å²) in [6.07, 6.45) is -4.56. The van der Waals surface area contributed by atoms with Crippen molar-refractivity contribution in [3.63, 3.8) is 0 Å². The second-order valence-corrected chi connectivity index (χ2v) is 8.34. The quantitative estimate of drug-likeness (QED) is 0.371. The molecule has 188 valence electrons. The van der Waals surface area contributed by atoms with E-state index in [0.717, 1.165) is 30.0 Å². The number of amides is 1. The lowest BCUT2D eigenvalue weighted by atomic mass is 10.1. The molecule has 0 aliphatic carbocycles. The standard InChI is InChI=1S/C22H22ClF3N4O4S/c1-5-30-20(12-8-16(32-2)19(34-4)17(9-12)33-3)28-29-21(30)35-11-18(31)27-15-10-13(22(24,25)26)6-7-14(15)23/h6-10H,5,11H2,1-4H3,(H,27,31). The molecule has 0 saturated carbocycles. The Morgan fingerprint density at radius 1 is 1.09 bits per heavy atom. The van der Waals surface area contributed by atoms with Crippen LogP contribution in [0.3, 0.4) is 0 Å². The van der Waals surface area contributed by atoms with E-state index in [1.807, 2.05) is 6.92 Å². The zero-order valence-corrected chi connectivity index (χ0v) is 20.8. The average Bonchev–Trinajstić information content (AvgIpc) is 3.25. The van der Waals surface area contributed by atoms with E-state index in [1.54, 1.807) is 16.7 Å². The molecule has 8 nitrogen and oxygen atoms in total. The lowest BCUT2D eigenvalue weighted by molar-refractivity contribution is -0.137. The zero-order chi connectivity index (χ0) is 25.8. The van der Waals surface area contributed by atoms with Gasteiger partial charge in [0.1, 0.15) is 0 Å². The minimum absolute atomic E-state index is 0.00207. The minimum Gasteiger partial charge on any atom is -0.493 e. The lowest BCUT2D eigenvalue weighted by Crippen LogP contribution is -2.16. The van der Waals surface area contributed by atoms with Gasteiger partial charge in [0, 0.05) is 12.1 Å². The first-order chi connectivity index (χ1) is 16.6. The van der Waals surface area contributed by atoms with E-state index in [0.29, 0.717) is 40.3 Å². The van der Waals surface area contributed by atoms with Crippen molar-refractivity contribution in [2.45, 2.75) is 24.8 Å². The summed E-state index contributed by atoms with van der Waals surface area (Å²) in [6.45, 7) is 2.37. The van der Waals surface area contributed by atoms with Gasteiger partial charge in [0.2, 0.25) is 11.7 Å². The summed E-state index contributed by atoms with van der Waals surface area (Å²) in [5.41, 5.74) is -0.381. The minimum atomic E-state index is -4.56. The number of hydrogen-bond donors (Lipinski definition) is 1. The number of benzene rings is 2. The molecule has 0 aliphatic heterocycles. The van der Waals surface area contributed by atoms with E-state index in [-0.39, 0.29) is 16.5 Å². The van der Waals surface area contributed by atoms with Crippen molar-refractivity contribution in [3.05, 3.63) is 40.9 Å². The summed E-state index contributed by atoms with van der Waals surface area (Å²) in [5, 5.41) is 11.3. The third-order valence-electron chi connectivity index (χ3n) is 4.86. The Hall–Kier alpha value is -3.12. The van der Waals surface area contributed by atoms with Crippen LogP contribution in [0, 0.1) is 0 Å². The van der Waals surface area contributed by atoms with Crippen LogP contribution in [0.25, 0.3) is 11.4 Å². The Morgan fingerprint density at radius 3 is 2.29 bits per heavy atom. The number of carbonyl (C=O) groups excluding carboxylic acids is 1. The predicted molar refractivity (Wildman–Crippen MR) is 127 cm³/mol. The van der Waals surface area contributed by atoms with Crippen molar-refractivity contribution in [3.8, 4) is 28.6 Å². The molecule has 13 heteroatoms. The maximum atomic E-state index is 13.0. The number of aromatic nitrogens is 3. The molecule has 0 spiro atoms. The van der Waals surface area contributed by atoms with Gasteiger partial charge in [-0.1, -0.05) is 23.4 Å². The summed E-state index contributed by atoms with van der Waals surface area (Å²) in [4.78, 5) is 12.4. The summed E-state index contributed by atoms with van der Waals surface area (Å²) in [5.74, 6) is 1.16. The highest BCUT2D eigenvalue weighted by Gasteiger charge is 2.31. The van der Waals surface area contributed by atoms with Crippen LogP contribution < -0.4 is 19.5 Å². The first-order valence-corrected chi connectivity index (χ1v) is 11.5. The fourth-order valence-corrected chi connectivity index (χ4v) is 4.19. The summed E-state index contributed by atoms with van der Waals surface area (Å²) < 4.78 is 56.8. The Balaban J connectivity index is 1.80. The SMILES string of the molecule is CCn1c(SCC(=O)Nc2cc(C(F)(F)F)ccc2Cl)nnc1-c1cc(OC)c(OC)c(OC)c1. The van der Waals surface area contributed by atoms with Gasteiger partial charge in [-0.05, 0) is 37.3 Å². The Bertz CT molecular complexity index is 1190. The van der Waals surface area contributed by atoms with Crippen LogP contribution in [0.4, 0.5) is 18.9 Å². The van der Waals surface area contributed by atoms with Crippen molar-refractivity contribution < 1.29 is 32.2 Å². The lowest BCUT2D eigenvalue weighted by Gasteiger charge is -2.14. The number of carbonyl (C=O) groups is 1. The van der Waals surface area contributed by atoms with Gasteiger partial charge in [0.05, 0.1) is 43.4 Å². The monoisotopic (exact) mass is 530 g/mol. The van der Waals surface area contributed by atoms with Gasteiger partial charge >= 0.3 is 6.18 Å². The molecular weight excluding hydrogens is 509 g/mol. The van der Waals surface area contributed by atoms with E-state index < -0.39 is 17.6 Å². The van der Waals surface area contributed by atoms with E-state index in [1.165, 1.54) is 21.3 Å². The van der Waals surface area contributed by atoms with Crippen molar-refractivity contribution in [2.75, 3.05) is 32.4 Å². The molecule has 1 amide bonds.